The van der Waals surface area contributed by atoms with E-state index in [1.54, 1.807) is 19.2 Å². The van der Waals surface area contributed by atoms with E-state index in [0.29, 0.717) is 44.3 Å². The van der Waals surface area contributed by atoms with Crippen LogP contribution in [0.4, 0.5) is 0 Å². The van der Waals surface area contributed by atoms with E-state index in [2.05, 4.69) is 5.01 Å². The summed E-state index contributed by atoms with van der Waals surface area (Å²) in [5.74, 6) is 0.535. The Hall–Kier alpha value is -2.90. The summed E-state index contributed by atoms with van der Waals surface area (Å²) in [6.07, 6.45) is 2.70. The molecule has 0 bridgehead atoms. The predicted octanol–water partition coefficient (Wildman–Crippen LogP) is 2.86. The number of aliphatic hydroxyl groups is 1. The number of benzene rings is 2. The van der Waals surface area contributed by atoms with Gasteiger partial charge < -0.3 is 14.6 Å². The van der Waals surface area contributed by atoms with Crippen LogP contribution < -0.4 is 4.74 Å². The quantitative estimate of drug-likeness (QED) is 0.573. The van der Waals surface area contributed by atoms with Crippen molar-refractivity contribution in [1.29, 1.82) is 0 Å². The maximum atomic E-state index is 12.6. The molecule has 1 saturated heterocycles. The third-order valence-corrected chi connectivity index (χ3v) is 5.75. The Bertz CT molecular complexity index is 899. The molecular formula is C25H32N2O5. The van der Waals surface area contributed by atoms with Crippen molar-refractivity contribution < 1.29 is 24.2 Å². The van der Waals surface area contributed by atoms with Gasteiger partial charge >= 0.3 is 5.97 Å². The molecule has 1 N–H and O–H groups in total. The predicted molar refractivity (Wildman–Crippen MR) is 121 cm³/mol. The van der Waals surface area contributed by atoms with Gasteiger partial charge in [-0.2, -0.15) is 0 Å². The molecule has 172 valence electrons. The lowest BCUT2D eigenvalue weighted by atomic mass is 10.0. The Morgan fingerprint density at radius 2 is 1.88 bits per heavy atom. The maximum absolute atomic E-state index is 12.6. The molecule has 1 atom stereocenters. The molecule has 0 aliphatic carbocycles. The Morgan fingerprint density at radius 3 is 2.59 bits per heavy atom. The smallest absolute Gasteiger partial charge is 0.337 e. The molecular weight excluding hydrogens is 408 g/mol. The largest absolute Gasteiger partial charge is 0.497 e. The van der Waals surface area contributed by atoms with Crippen molar-refractivity contribution in [2.24, 2.45) is 0 Å². The molecule has 0 saturated carbocycles. The van der Waals surface area contributed by atoms with Crippen molar-refractivity contribution in [1.82, 2.24) is 10.0 Å². The van der Waals surface area contributed by atoms with Crippen LogP contribution in [0.25, 0.3) is 0 Å². The van der Waals surface area contributed by atoms with E-state index in [1.807, 2.05) is 41.4 Å². The molecule has 1 aliphatic heterocycles. The molecule has 1 aliphatic rings. The number of ether oxygens (including phenoxy) is 2. The van der Waals surface area contributed by atoms with Crippen molar-refractivity contribution in [3.05, 3.63) is 65.2 Å². The average Bonchev–Trinajstić information content (AvgIpc) is 2.82. The highest BCUT2D eigenvalue weighted by molar-refractivity contribution is 5.89. The fourth-order valence-corrected chi connectivity index (χ4v) is 3.95. The second-order valence-electron chi connectivity index (χ2n) is 8.01. The van der Waals surface area contributed by atoms with Gasteiger partial charge in [-0.3, -0.25) is 9.80 Å². The zero-order valence-electron chi connectivity index (χ0n) is 18.8. The van der Waals surface area contributed by atoms with Crippen LogP contribution in [0.2, 0.25) is 0 Å². The van der Waals surface area contributed by atoms with Gasteiger partial charge in [-0.25, -0.2) is 9.80 Å². The molecule has 2 aromatic rings. The highest BCUT2D eigenvalue weighted by Crippen LogP contribution is 2.18. The summed E-state index contributed by atoms with van der Waals surface area (Å²) in [5.41, 5.74) is 2.59. The van der Waals surface area contributed by atoms with Gasteiger partial charge in [0, 0.05) is 26.1 Å². The Labute approximate surface area is 189 Å². The molecule has 0 aromatic heterocycles. The first-order chi connectivity index (χ1) is 15.5. The molecule has 32 heavy (non-hydrogen) atoms. The fourth-order valence-electron chi connectivity index (χ4n) is 3.95. The Balaban J connectivity index is 1.53. The molecule has 7 nitrogen and oxygen atoms in total. The third kappa shape index (κ3) is 6.55. The number of carbonyl (C=O) groups is 2. The number of esters is 1. The highest BCUT2D eigenvalue weighted by Gasteiger charge is 2.26. The zero-order valence-corrected chi connectivity index (χ0v) is 18.8. The normalized spacial score (nSPS) is 15.5. The van der Waals surface area contributed by atoms with Crippen molar-refractivity contribution in [2.45, 2.75) is 38.2 Å². The lowest BCUT2D eigenvalue weighted by Gasteiger charge is -2.39. The Morgan fingerprint density at radius 1 is 1.09 bits per heavy atom. The van der Waals surface area contributed by atoms with Gasteiger partial charge in [-0.05, 0) is 61.1 Å². The van der Waals surface area contributed by atoms with Gasteiger partial charge in [0.25, 0.3) is 0 Å². The summed E-state index contributed by atoms with van der Waals surface area (Å²) in [5, 5.41) is 14.4. The molecule has 1 amide bonds. The monoisotopic (exact) mass is 440 g/mol. The van der Waals surface area contributed by atoms with Crippen LogP contribution in [-0.4, -0.2) is 67.0 Å². The van der Waals surface area contributed by atoms with Gasteiger partial charge in [0.1, 0.15) is 5.75 Å². The van der Waals surface area contributed by atoms with Crippen molar-refractivity contribution in [3.8, 4) is 5.75 Å². The minimum atomic E-state index is -0.494. The summed E-state index contributed by atoms with van der Waals surface area (Å²) in [6, 6.07) is 15.0. The number of amides is 1. The van der Waals surface area contributed by atoms with Gasteiger partial charge in [0.15, 0.2) is 0 Å². The minimum Gasteiger partial charge on any atom is -0.497 e. The fraction of sp³-hybridized carbons (Fsp3) is 0.440. The number of hydrazine groups is 1. The van der Waals surface area contributed by atoms with E-state index < -0.39 is 6.10 Å². The second-order valence-corrected chi connectivity index (χ2v) is 8.01. The summed E-state index contributed by atoms with van der Waals surface area (Å²) in [4.78, 5) is 24.1. The van der Waals surface area contributed by atoms with Crippen LogP contribution in [0.1, 0.15) is 40.7 Å². The van der Waals surface area contributed by atoms with Crippen LogP contribution in [-0.2, 0) is 22.4 Å². The van der Waals surface area contributed by atoms with Crippen LogP contribution in [0.15, 0.2) is 48.5 Å². The number of methoxy groups -OCH3 is 2. The lowest BCUT2D eigenvalue weighted by molar-refractivity contribution is -0.156. The summed E-state index contributed by atoms with van der Waals surface area (Å²) in [7, 11) is 2.99. The second kappa shape index (κ2) is 11.6. The number of aliphatic hydroxyl groups excluding tert-OH is 1. The summed E-state index contributed by atoms with van der Waals surface area (Å²) >= 11 is 0. The zero-order chi connectivity index (χ0) is 22.9. The van der Waals surface area contributed by atoms with Crippen molar-refractivity contribution >= 4 is 11.9 Å². The highest BCUT2D eigenvalue weighted by atomic mass is 16.5. The molecule has 1 unspecified atom stereocenters. The molecule has 0 radical (unpaired) electrons. The molecule has 7 heteroatoms. The average molecular weight is 441 g/mol. The van der Waals surface area contributed by atoms with Crippen molar-refractivity contribution in [3.63, 3.8) is 0 Å². The summed E-state index contributed by atoms with van der Waals surface area (Å²) < 4.78 is 9.98. The van der Waals surface area contributed by atoms with E-state index in [9.17, 15) is 14.7 Å². The minimum absolute atomic E-state index is 0.115. The number of carbonyl (C=O) groups excluding carboxylic acids is 2. The van der Waals surface area contributed by atoms with Gasteiger partial charge in [-0.15, -0.1) is 0 Å². The third-order valence-electron chi connectivity index (χ3n) is 5.75. The van der Waals surface area contributed by atoms with Gasteiger partial charge in [0.05, 0.1) is 25.9 Å². The molecule has 3 rings (SSSR count). The van der Waals surface area contributed by atoms with Gasteiger partial charge in [-0.1, -0.05) is 24.3 Å². The number of hydrogen-bond acceptors (Lipinski definition) is 6. The lowest BCUT2D eigenvalue weighted by Crippen LogP contribution is -2.52. The SMILES string of the molecule is COC(=O)c1ccc(CCN2C(=O)CCCN2CCC(O)Cc2cccc(OC)c2)cc1. The van der Waals surface area contributed by atoms with E-state index in [4.69, 9.17) is 9.47 Å². The van der Waals surface area contributed by atoms with Crippen LogP contribution in [0.5, 0.6) is 5.75 Å². The first-order valence-electron chi connectivity index (χ1n) is 11.0. The topological polar surface area (TPSA) is 79.3 Å². The molecule has 0 spiro atoms. The molecule has 1 fully saturated rings. The standard InChI is InChI=1S/C25H32N2O5/c1-31-23-6-3-5-20(18-23)17-22(28)13-15-26-14-4-7-24(29)27(26)16-12-19-8-10-21(11-9-19)25(30)32-2/h3,5-6,8-11,18,22,28H,4,7,12-17H2,1-2H3. The number of nitrogens with zero attached hydrogens (tertiary/aromatic N) is 2. The summed E-state index contributed by atoms with van der Waals surface area (Å²) in [6.45, 7) is 2.00. The van der Waals surface area contributed by atoms with Crippen LogP contribution in [0.3, 0.4) is 0 Å². The first-order valence-corrected chi connectivity index (χ1v) is 11.0. The first kappa shape index (κ1) is 23.8. The van der Waals surface area contributed by atoms with Crippen LogP contribution >= 0.6 is 0 Å². The molecule has 2 aromatic carbocycles. The van der Waals surface area contributed by atoms with Gasteiger partial charge in [0.2, 0.25) is 5.91 Å². The molecule has 1 heterocycles. The van der Waals surface area contributed by atoms with E-state index in [0.717, 1.165) is 29.8 Å². The number of hydrogen-bond donors (Lipinski definition) is 1. The van der Waals surface area contributed by atoms with E-state index >= 15 is 0 Å². The number of rotatable bonds is 10. The maximum Gasteiger partial charge on any atom is 0.337 e. The Kier molecular flexibility index (Phi) is 8.64. The van der Waals surface area contributed by atoms with Crippen LogP contribution in [0, 0.1) is 0 Å². The van der Waals surface area contributed by atoms with E-state index in [-0.39, 0.29) is 11.9 Å². The van der Waals surface area contributed by atoms with Crippen molar-refractivity contribution in [2.75, 3.05) is 33.9 Å². The van der Waals surface area contributed by atoms with E-state index in [1.165, 1.54) is 7.11 Å².